The lowest BCUT2D eigenvalue weighted by Gasteiger charge is -2.46. The van der Waals surface area contributed by atoms with Gasteiger partial charge in [-0.15, -0.1) is 0 Å². The van der Waals surface area contributed by atoms with Crippen LogP contribution >= 0.6 is 0 Å². The normalized spacial score (nSPS) is 14.2. The third kappa shape index (κ3) is 6.35. The fourth-order valence-corrected chi connectivity index (χ4v) is 6.59. The average molecular weight is 607 g/mol. The zero-order valence-corrected chi connectivity index (χ0v) is 27.1. The molecule has 1 amide bonds. The molecule has 10 heteroatoms. The highest BCUT2D eigenvalue weighted by Crippen LogP contribution is 2.40. The summed E-state index contributed by atoms with van der Waals surface area (Å²) in [5.74, 6) is 0.627. The highest BCUT2D eigenvalue weighted by atomic mass is 16.5. The van der Waals surface area contributed by atoms with Crippen molar-refractivity contribution in [2.24, 2.45) is 7.05 Å². The lowest BCUT2D eigenvalue weighted by molar-refractivity contribution is -0.111. The lowest BCUT2D eigenvalue weighted by atomic mass is 9.80. The first-order chi connectivity index (χ1) is 21.6. The fourth-order valence-electron chi connectivity index (χ4n) is 6.59. The molecule has 0 unspecified atom stereocenters. The van der Waals surface area contributed by atoms with Crippen LogP contribution in [0.25, 0.3) is 22.2 Å². The number of nitrogens with zero attached hydrogens (tertiary/aromatic N) is 6. The molecule has 0 saturated heterocycles. The number of nitriles is 1. The van der Waals surface area contributed by atoms with Crippen LogP contribution in [0.1, 0.15) is 43.2 Å². The number of nitrogens with one attached hydrogen (secondary N) is 2. The Morgan fingerprint density at radius 1 is 1.18 bits per heavy atom. The molecule has 1 saturated carbocycles. The number of likely N-dealkylation sites (N-methyl/N-ethyl adjacent to an activating group) is 2. The molecule has 4 aromatic rings. The summed E-state index contributed by atoms with van der Waals surface area (Å²) in [5.41, 5.74) is 6.15. The van der Waals surface area contributed by atoms with Gasteiger partial charge in [-0.3, -0.25) is 4.79 Å². The van der Waals surface area contributed by atoms with Gasteiger partial charge in [-0.1, -0.05) is 25.8 Å². The maximum absolute atomic E-state index is 12.6. The Hall–Kier alpha value is -4.88. The quantitative estimate of drug-likeness (QED) is 0.200. The number of carbonyl (C=O) groups is 1. The molecule has 2 aromatic carbocycles. The molecule has 0 aliphatic heterocycles. The third-order valence-electron chi connectivity index (χ3n) is 9.03. The van der Waals surface area contributed by atoms with E-state index < -0.39 is 0 Å². The first kappa shape index (κ1) is 31.5. The third-order valence-corrected chi connectivity index (χ3v) is 9.03. The van der Waals surface area contributed by atoms with Crippen LogP contribution in [-0.2, 0) is 11.8 Å². The Labute approximate surface area is 265 Å². The van der Waals surface area contributed by atoms with Crippen LogP contribution in [0.5, 0.6) is 5.75 Å². The minimum Gasteiger partial charge on any atom is -0.494 e. The van der Waals surface area contributed by atoms with Crippen molar-refractivity contribution in [1.29, 1.82) is 5.26 Å². The SMILES string of the molecule is C=CC(=O)Nc1cc(Nc2nccc(-c3cc(C#N)c4c(c3)c(C)cn4C)n2)c(OC)cc1N(C)CC1(N(C)C)CCCCC1. The highest BCUT2D eigenvalue weighted by Gasteiger charge is 2.36. The van der Waals surface area contributed by atoms with E-state index in [1.165, 1.54) is 25.3 Å². The van der Waals surface area contributed by atoms with Gasteiger partial charge in [0.2, 0.25) is 11.9 Å². The summed E-state index contributed by atoms with van der Waals surface area (Å²) < 4.78 is 7.82. The molecule has 0 spiro atoms. The number of hydrogen-bond acceptors (Lipinski definition) is 8. The smallest absolute Gasteiger partial charge is 0.247 e. The van der Waals surface area contributed by atoms with Crippen LogP contribution in [0.4, 0.5) is 23.0 Å². The summed E-state index contributed by atoms with van der Waals surface area (Å²) in [6, 6.07) is 11.8. The number of amides is 1. The largest absolute Gasteiger partial charge is 0.494 e. The van der Waals surface area contributed by atoms with E-state index in [1.807, 2.05) is 49.0 Å². The van der Waals surface area contributed by atoms with Crippen LogP contribution in [-0.4, -0.2) is 65.7 Å². The number of fused-ring (bicyclic) bond motifs is 1. The lowest BCUT2D eigenvalue weighted by Crippen LogP contribution is -2.53. The second-order valence-electron chi connectivity index (χ2n) is 12.1. The summed E-state index contributed by atoms with van der Waals surface area (Å²) in [5, 5.41) is 17.2. The van der Waals surface area contributed by atoms with Crippen LogP contribution in [0, 0.1) is 18.3 Å². The molecule has 2 heterocycles. The van der Waals surface area contributed by atoms with Crippen LogP contribution in [0.3, 0.4) is 0 Å². The standard InChI is InChI=1S/C35H42N8O2/c1-8-32(44)38-28-18-29(31(45-7)19-30(28)43(6)22-35(41(3)4)13-10-9-11-14-35)40-34-37-15-12-27(39-34)24-16-25(20-36)33-26(17-24)23(2)21-42(33)5/h8,12,15-19,21H,1,9-11,13-14,22H2,2-7H3,(H,38,44)(H,37,39,40). The van der Waals surface area contributed by atoms with Crippen molar-refractivity contribution in [2.45, 2.75) is 44.6 Å². The van der Waals surface area contributed by atoms with E-state index in [4.69, 9.17) is 9.72 Å². The topological polar surface area (TPSA) is 111 Å². The zero-order chi connectivity index (χ0) is 32.3. The van der Waals surface area contributed by atoms with Gasteiger partial charge < -0.3 is 29.7 Å². The second kappa shape index (κ2) is 13.0. The number of aryl methyl sites for hydroxylation is 2. The van der Waals surface area contributed by atoms with Gasteiger partial charge in [0.25, 0.3) is 0 Å². The molecule has 10 nitrogen and oxygen atoms in total. The molecule has 5 rings (SSSR count). The minimum atomic E-state index is -0.307. The average Bonchev–Trinajstić information content (AvgIpc) is 3.33. The molecule has 45 heavy (non-hydrogen) atoms. The number of anilines is 4. The van der Waals surface area contributed by atoms with Crippen molar-refractivity contribution >= 4 is 39.8 Å². The van der Waals surface area contributed by atoms with Crippen LogP contribution < -0.4 is 20.3 Å². The van der Waals surface area contributed by atoms with E-state index in [0.29, 0.717) is 34.3 Å². The molecule has 234 valence electrons. The van der Waals surface area contributed by atoms with Gasteiger partial charge in [0, 0.05) is 55.6 Å². The molecule has 1 aliphatic rings. The zero-order valence-electron chi connectivity index (χ0n) is 27.1. The Morgan fingerprint density at radius 2 is 1.93 bits per heavy atom. The first-order valence-corrected chi connectivity index (χ1v) is 15.2. The summed E-state index contributed by atoms with van der Waals surface area (Å²) in [4.78, 5) is 26.4. The van der Waals surface area contributed by atoms with Gasteiger partial charge in [-0.25, -0.2) is 9.97 Å². The van der Waals surface area contributed by atoms with E-state index in [2.05, 4.69) is 65.3 Å². The van der Waals surface area contributed by atoms with Crippen LogP contribution in [0.2, 0.25) is 0 Å². The minimum absolute atomic E-state index is 0.0396. The number of ether oxygens (including phenoxy) is 1. The number of hydrogen-bond donors (Lipinski definition) is 2. The van der Waals surface area contributed by atoms with Gasteiger partial charge in [0.1, 0.15) is 11.8 Å². The predicted molar refractivity (Wildman–Crippen MR) is 181 cm³/mol. The van der Waals surface area contributed by atoms with Gasteiger partial charge >= 0.3 is 0 Å². The summed E-state index contributed by atoms with van der Waals surface area (Å²) >= 11 is 0. The van der Waals surface area contributed by atoms with E-state index in [1.54, 1.807) is 13.3 Å². The predicted octanol–water partition coefficient (Wildman–Crippen LogP) is 6.39. The summed E-state index contributed by atoms with van der Waals surface area (Å²) in [6.45, 7) is 6.48. The molecule has 2 N–H and O–H groups in total. The van der Waals surface area contributed by atoms with Gasteiger partial charge in [0.05, 0.1) is 40.9 Å². The Kier molecular flexibility index (Phi) is 9.11. The van der Waals surface area contributed by atoms with Gasteiger partial charge in [-0.05, 0) is 69.8 Å². The number of rotatable bonds is 10. The van der Waals surface area contributed by atoms with E-state index in [0.717, 1.165) is 47.1 Å². The van der Waals surface area contributed by atoms with Crippen molar-refractivity contribution in [1.82, 2.24) is 19.4 Å². The number of carbonyl (C=O) groups excluding carboxylic acids is 1. The van der Waals surface area contributed by atoms with Gasteiger partial charge in [0.15, 0.2) is 0 Å². The molecule has 0 atom stereocenters. The molecule has 1 aliphatic carbocycles. The first-order valence-electron chi connectivity index (χ1n) is 15.2. The Morgan fingerprint density at radius 3 is 2.60 bits per heavy atom. The van der Waals surface area contributed by atoms with E-state index in [-0.39, 0.29) is 11.4 Å². The monoisotopic (exact) mass is 606 g/mol. The molecular weight excluding hydrogens is 564 g/mol. The molecule has 0 bridgehead atoms. The Balaban J connectivity index is 1.51. The number of methoxy groups -OCH3 is 1. The highest BCUT2D eigenvalue weighted by molar-refractivity contribution is 6.02. The van der Waals surface area contributed by atoms with Crippen molar-refractivity contribution in [2.75, 3.05) is 50.3 Å². The molecule has 0 radical (unpaired) electrons. The Bertz CT molecular complexity index is 1780. The maximum atomic E-state index is 12.6. The number of aromatic nitrogens is 3. The van der Waals surface area contributed by atoms with Crippen molar-refractivity contribution in [3.05, 3.63) is 66.5 Å². The second-order valence-corrected chi connectivity index (χ2v) is 12.1. The maximum Gasteiger partial charge on any atom is 0.247 e. The van der Waals surface area contributed by atoms with Crippen molar-refractivity contribution < 1.29 is 9.53 Å². The molecule has 2 aromatic heterocycles. The van der Waals surface area contributed by atoms with E-state index >= 15 is 0 Å². The van der Waals surface area contributed by atoms with Crippen molar-refractivity contribution in [3.8, 4) is 23.1 Å². The number of benzene rings is 2. The van der Waals surface area contributed by atoms with Crippen molar-refractivity contribution in [3.63, 3.8) is 0 Å². The van der Waals surface area contributed by atoms with E-state index in [9.17, 15) is 10.1 Å². The van der Waals surface area contributed by atoms with Gasteiger partial charge in [-0.2, -0.15) is 5.26 Å². The summed E-state index contributed by atoms with van der Waals surface area (Å²) in [6.07, 6.45) is 10.9. The fraction of sp³-hybridized carbons (Fsp3) is 0.371. The summed E-state index contributed by atoms with van der Waals surface area (Å²) in [7, 11) is 9.93. The van der Waals surface area contributed by atoms with Crippen LogP contribution in [0.15, 0.2) is 55.4 Å². The molecule has 1 fully saturated rings. The molecular formula is C35H42N8O2.